The molecular weight excluding hydrogens is 424 g/mol. The number of carboxylic acids is 1. The lowest BCUT2D eigenvalue weighted by Crippen LogP contribution is -2.56. The number of fused-ring (bicyclic) bond motifs is 3. The van der Waals surface area contributed by atoms with Crippen molar-refractivity contribution in [3.05, 3.63) is 59.7 Å². The summed E-state index contributed by atoms with van der Waals surface area (Å²) in [6.45, 7) is 1.78. The third-order valence-electron chi connectivity index (χ3n) is 6.47. The maximum atomic E-state index is 12.8. The summed E-state index contributed by atoms with van der Waals surface area (Å²) in [6, 6.07) is 15.0. The molecule has 2 aliphatic rings. The normalized spacial score (nSPS) is 17.3. The number of methoxy groups -OCH3 is 1. The van der Waals surface area contributed by atoms with E-state index in [0.29, 0.717) is 12.8 Å². The second-order valence-electron chi connectivity index (χ2n) is 8.73. The number of amides is 2. The maximum absolute atomic E-state index is 12.8. The molecule has 2 amide bonds. The lowest BCUT2D eigenvalue weighted by atomic mass is 9.98. The van der Waals surface area contributed by atoms with Gasteiger partial charge in [0.1, 0.15) is 12.6 Å². The van der Waals surface area contributed by atoms with Crippen LogP contribution in [-0.4, -0.2) is 54.5 Å². The Balaban J connectivity index is 1.41. The summed E-state index contributed by atoms with van der Waals surface area (Å²) < 4.78 is 10.8. The molecule has 8 heteroatoms. The van der Waals surface area contributed by atoms with Crippen molar-refractivity contribution in [3.63, 3.8) is 0 Å². The van der Waals surface area contributed by atoms with Gasteiger partial charge >= 0.3 is 12.1 Å². The van der Waals surface area contributed by atoms with Crippen LogP contribution < -0.4 is 10.6 Å². The Bertz CT molecular complexity index is 1020. The van der Waals surface area contributed by atoms with Crippen molar-refractivity contribution in [1.29, 1.82) is 0 Å². The third-order valence-corrected chi connectivity index (χ3v) is 6.47. The molecule has 2 aromatic rings. The van der Waals surface area contributed by atoms with Gasteiger partial charge in [0.05, 0.1) is 18.1 Å². The molecule has 1 saturated carbocycles. The van der Waals surface area contributed by atoms with Crippen molar-refractivity contribution >= 4 is 18.0 Å². The summed E-state index contributed by atoms with van der Waals surface area (Å²) in [4.78, 5) is 36.6. The van der Waals surface area contributed by atoms with E-state index in [1.54, 1.807) is 6.92 Å². The van der Waals surface area contributed by atoms with Crippen molar-refractivity contribution in [2.75, 3.05) is 13.7 Å². The van der Waals surface area contributed by atoms with E-state index in [4.69, 9.17) is 14.6 Å². The lowest BCUT2D eigenvalue weighted by molar-refractivity contribution is -0.138. The fourth-order valence-electron chi connectivity index (χ4n) is 4.42. The summed E-state index contributed by atoms with van der Waals surface area (Å²) in [7, 11) is 1.44. The predicted molar refractivity (Wildman–Crippen MR) is 121 cm³/mol. The van der Waals surface area contributed by atoms with E-state index in [2.05, 4.69) is 22.8 Å². The number of nitrogens with one attached hydrogen (secondary N) is 2. The summed E-state index contributed by atoms with van der Waals surface area (Å²) >= 11 is 0. The summed E-state index contributed by atoms with van der Waals surface area (Å²) in [5, 5.41) is 14.5. The molecule has 0 spiro atoms. The molecular formula is C25H28N2O6. The number of benzene rings is 2. The van der Waals surface area contributed by atoms with Gasteiger partial charge < -0.3 is 25.2 Å². The van der Waals surface area contributed by atoms with Gasteiger partial charge in [-0.25, -0.2) is 4.79 Å². The fraction of sp³-hybridized carbons (Fsp3) is 0.400. The molecule has 33 heavy (non-hydrogen) atoms. The monoisotopic (exact) mass is 452 g/mol. The van der Waals surface area contributed by atoms with Crippen LogP contribution in [0.25, 0.3) is 11.1 Å². The van der Waals surface area contributed by atoms with Gasteiger partial charge in [-0.3, -0.25) is 9.59 Å². The first kappa shape index (κ1) is 22.8. The number of carboxylic acid groups (broad SMARTS) is 1. The zero-order valence-corrected chi connectivity index (χ0v) is 18.7. The summed E-state index contributed by atoms with van der Waals surface area (Å²) in [5.41, 5.74) is 3.68. The Kier molecular flexibility index (Phi) is 6.37. The molecule has 4 rings (SSSR count). The largest absolute Gasteiger partial charge is 0.481 e. The molecule has 2 aromatic carbocycles. The molecule has 1 fully saturated rings. The van der Waals surface area contributed by atoms with E-state index in [-0.39, 0.29) is 18.9 Å². The number of aliphatic carboxylic acids is 1. The second kappa shape index (κ2) is 9.23. The minimum Gasteiger partial charge on any atom is -0.481 e. The molecule has 174 valence electrons. The van der Waals surface area contributed by atoms with Gasteiger partial charge in [-0.1, -0.05) is 48.5 Å². The van der Waals surface area contributed by atoms with Crippen LogP contribution in [0.1, 0.15) is 43.2 Å². The topological polar surface area (TPSA) is 114 Å². The molecule has 0 aromatic heterocycles. The Hall–Kier alpha value is -3.39. The van der Waals surface area contributed by atoms with Gasteiger partial charge in [0.15, 0.2) is 0 Å². The van der Waals surface area contributed by atoms with Crippen LogP contribution in [0.2, 0.25) is 0 Å². The number of ether oxygens (including phenoxy) is 2. The number of carbonyl (C=O) groups excluding carboxylic acids is 2. The highest BCUT2D eigenvalue weighted by atomic mass is 16.5. The quantitative estimate of drug-likeness (QED) is 0.539. The van der Waals surface area contributed by atoms with Crippen LogP contribution >= 0.6 is 0 Å². The van der Waals surface area contributed by atoms with Crippen molar-refractivity contribution < 1.29 is 29.0 Å². The smallest absolute Gasteiger partial charge is 0.407 e. The van der Waals surface area contributed by atoms with E-state index in [9.17, 15) is 14.4 Å². The molecule has 0 saturated heterocycles. The van der Waals surface area contributed by atoms with E-state index < -0.39 is 35.7 Å². The summed E-state index contributed by atoms with van der Waals surface area (Å²) in [5.74, 6) is -1.56. The van der Waals surface area contributed by atoms with Gasteiger partial charge in [-0.15, -0.1) is 0 Å². The highest BCUT2D eigenvalue weighted by Gasteiger charge is 2.47. The van der Waals surface area contributed by atoms with Crippen molar-refractivity contribution in [1.82, 2.24) is 10.6 Å². The number of hydrogen-bond acceptors (Lipinski definition) is 5. The Morgan fingerprint density at radius 2 is 1.64 bits per heavy atom. The molecule has 3 N–H and O–H groups in total. The molecule has 0 bridgehead atoms. The van der Waals surface area contributed by atoms with E-state index >= 15 is 0 Å². The van der Waals surface area contributed by atoms with Crippen LogP contribution in [0.4, 0.5) is 4.79 Å². The molecule has 2 aliphatic carbocycles. The van der Waals surface area contributed by atoms with Gasteiger partial charge in [0.2, 0.25) is 5.91 Å². The third kappa shape index (κ3) is 4.85. The molecule has 2 atom stereocenters. The first-order valence-electron chi connectivity index (χ1n) is 11.0. The van der Waals surface area contributed by atoms with Gasteiger partial charge in [0.25, 0.3) is 0 Å². The molecule has 0 radical (unpaired) electrons. The number of hydrogen-bond donors (Lipinski definition) is 3. The Morgan fingerprint density at radius 1 is 1.06 bits per heavy atom. The number of carbonyl (C=O) groups is 3. The van der Waals surface area contributed by atoms with Gasteiger partial charge in [-0.2, -0.15) is 0 Å². The highest BCUT2D eigenvalue weighted by Crippen LogP contribution is 2.44. The van der Waals surface area contributed by atoms with Crippen molar-refractivity contribution in [2.45, 2.75) is 49.8 Å². The fourth-order valence-corrected chi connectivity index (χ4v) is 4.42. The molecule has 8 nitrogen and oxygen atoms in total. The number of alkyl carbamates (subject to hydrolysis) is 1. The standard InChI is InChI=1S/C25H28N2O6/c1-15(32-2)22(23(30)27-25(11-12-25)13-21(28)29)26-24(31)33-14-20-18-9-5-3-7-16(18)17-8-4-6-10-19(17)20/h3-10,15,20,22H,11-14H2,1-2H3,(H,26,31)(H,27,30)(H,28,29)/t15-,22+/m1/s1. The molecule has 0 heterocycles. The van der Waals surface area contributed by atoms with Crippen LogP contribution in [0.3, 0.4) is 0 Å². The van der Waals surface area contributed by atoms with Crippen molar-refractivity contribution in [3.8, 4) is 11.1 Å². The van der Waals surface area contributed by atoms with Crippen LogP contribution in [0.5, 0.6) is 0 Å². The Morgan fingerprint density at radius 3 is 2.15 bits per heavy atom. The minimum absolute atomic E-state index is 0.0967. The number of rotatable bonds is 9. The van der Waals surface area contributed by atoms with Crippen LogP contribution in [0.15, 0.2) is 48.5 Å². The van der Waals surface area contributed by atoms with E-state index in [0.717, 1.165) is 22.3 Å². The molecule has 0 aliphatic heterocycles. The maximum Gasteiger partial charge on any atom is 0.407 e. The Labute approximate surface area is 192 Å². The lowest BCUT2D eigenvalue weighted by Gasteiger charge is -2.26. The average molecular weight is 453 g/mol. The first-order chi connectivity index (χ1) is 15.8. The van der Waals surface area contributed by atoms with Gasteiger partial charge in [0, 0.05) is 13.0 Å². The first-order valence-corrected chi connectivity index (χ1v) is 11.0. The summed E-state index contributed by atoms with van der Waals surface area (Å²) in [6.07, 6.45) is -0.346. The van der Waals surface area contributed by atoms with Crippen molar-refractivity contribution in [2.24, 2.45) is 0 Å². The minimum atomic E-state index is -1.02. The zero-order chi connectivity index (χ0) is 23.6. The van der Waals surface area contributed by atoms with E-state index in [1.165, 1.54) is 7.11 Å². The SMILES string of the molecule is CO[C@H](C)[C@H](NC(=O)OCC1c2ccccc2-c2ccccc21)C(=O)NC1(CC(=O)O)CC1. The highest BCUT2D eigenvalue weighted by molar-refractivity contribution is 5.88. The average Bonchev–Trinajstić information content (AvgIpc) is 3.46. The van der Waals surface area contributed by atoms with Crippen LogP contribution in [-0.2, 0) is 19.1 Å². The predicted octanol–water partition coefficient (Wildman–Crippen LogP) is 3.05. The zero-order valence-electron chi connectivity index (χ0n) is 18.7. The molecule has 0 unspecified atom stereocenters. The van der Waals surface area contributed by atoms with Crippen LogP contribution in [0, 0.1) is 0 Å². The van der Waals surface area contributed by atoms with Gasteiger partial charge in [-0.05, 0) is 42.0 Å². The van der Waals surface area contributed by atoms with E-state index in [1.807, 2.05) is 36.4 Å². The second-order valence-corrected chi connectivity index (χ2v) is 8.73.